The van der Waals surface area contributed by atoms with Gasteiger partial charge in [-0.2, -0.15) is 0 Å². The fourth-order valence-electron chi connectivity index (χ4n) is 1.71. The lowest BCUT2D eigenvalue weighted by atomic mass is 10.0. The topological polar surface area (TPSA) is 52.5 Å². The molecule has 3 N–H and O–H groups in total. The highest BCUT2D eigenvalue weighted by Crippen LogP contribution is 2.17. The van der Waals surface area contributed by atoms with Crippen LogP contribution < -0.4 is 5.32 Å². The molecule has 0 aromatic heterocycles. The normalized spacial score (nSPS) is 16.5. The van der Waals surface area contributed by atoms with Gasteiger partial charge in [-0.1, -0.05) is 31.2 Å². The van der Waals surface area contributed by atoms with E-state index in [1.165, 1.54) is 5.56 Å². The van der Waals surface area contributed by atoms with Gasteiger partial charge in [0.05, 0.1) is 12.2 Å². The number of hydrogen-bond donors (Lipinski definition) is 3. The van der Waals surface area contributed by atoms with Gasteiger partial charge in [0, 0.05) is 12.6 Å². The highest BCUT2D eigenvalue weighted by atomic mass is 16.3. The smallest absolute Gasteiger partial charge is 0.0940 e. The maximum atomic E-state index is 10.1. The van der Waals surface area contributed by atoms with Crippen molar-refractivity contribution in [2.75, 3.05) is 6.54 Å². The molecule has 0 fully saturated rings. The molecule has 3 heteroatoms. The molecule has 1 rings (SSSR count). The first-order valence-corrected chi connectivity index (χ1v) is 6.23. The lowest BCUT2D eigenvalue weighted by Gasteiger charge is -2.21. The van der Waals surface area contributed by atoms with Crippen molar-refractivity contribution in [1.82, 2.24) is 5.32 Å². The molecule has 0 aliphatic rings. The number of aliphatic hydroxyl groups is 2. The predicted molar refractivity (Wildman–Crippen MR) is 69.9 cm³/mol. The van der Waals surface area contributed by atoms with Gasteiger partial charge in [0.25, 0.3) is 0 Å². The molecule has 96 valence electrons. The second-order valence-corrected chi connectivity index (χ2v) is 4.59. The lowest BCUT2D eigenvalue weighted by molar-refractivity contribution is 0.121. The monoisotopic (exact) mass is 237 g/mol. The Morgan fingerprint density at radius 3 is 2.18 bits per heavy atom. The molecule has 1 aromatic carbocycles. The molecule has 0 heterocycles. The number of benzene rings is 1. The number of aryl methyl sites for hydroxylation is 1. The van der Waals surface area contributed by atoms with Crippen LogP contribution in [0.5, 0.6) is 0 Å². The number of rotatable bonds is 6. The fraction of sp³-hybridized carbons (Fsp3) is 0.571. The summed E-state index contributed by atoms with van der Waals surface area (Å²) in [6.07, 6.45) is 0.0680. The third kappa shape index (κ3) is 4.46. The van der Waals surface area contributed by atoms with Crippen LogP contribution in [0.4, 0.5) is 0 Å². The zero-order valence-electron chi connectivity index (χ0n) is 10.9. The van der Waals surface area contributed by atoms with E-state index in [-0.39, 0.29) is 6.04 Å². The summed E-state index contributed by atoms with van der Waals surface area (Å²) in [6, 6.07) is 7.94. The lowest BCUT2D eigenvalue weighted by Crippen LogP contribution is -2.36. The van der Waals surface area contributed by atoms with Crippen molar-refractivity contribution in [2.45, 2.75) is 45.4 Å². The Labute approximate surface area is 103 Å². The van der Waals surface area contributed by atoms with Crippen molar-refractivity contribution in [3.05, 3.63) is 35.4 Å². The summed E-state index contributed by atoms with van der Waals surface area (Å²) in [5.74, 6) is 0. The largest absolute Gasteiger partial charge is 0.392 e. The summed E-state index contributed by atoms with van der Waals surface area (Å²) >= 11 is 0. The summed E-state index contributed by atoms with van der Waals surface area (Å²) in [5.41, 5.74) is 2.18. The predicted octanol–water partition coefficient (Wildman–Crippen LogP) is 1.64. The molecule has 3 unspecified atom stereocenters. The van der Waals surface area contributed by atoms with Crippen LogP contribution in [0.25, 0.3) is 0 Å². The highest BCUT2D eigenvalue weighted by molar-refractivity contribution is 5.24. The molecular weight excluding hydrogens is 214 g/mol. The molecule has 0 spiro atoms. The van der Waals surface area contributed by atoms with Crippen LogP contribution in [0.1, 0.15) is 38.0 Å². The van der Waals surface area contributed by atoms with E-state index in [1.54, 1.807) is 6.92 Å². The molecule has 0 aliphatic heterocycles. The first-order chi connectivity index (χ1) is 8.04. The molecule has 0 saturated heterocycles. The van der Waals surface area contributed by atoms with Gasteiger partial charge in [0.2, 0.25) is 0 Å². The molecule has 17 heavy (non-hydrogen) atoms. The molecule has 1 aromatic rings. The van der Waals surface area contributed by atoms with E-state index >= 15 is 0 Å². The molecule has 0 radical (unpaired) electrons. The SMILES string of the molecule is CCc1ccc(C(O)C(C)NCC(C)O)cc1. The van der Waals surface area contributed by atoms with Gasteiger partial charge < -0.3 is 15.5 Å². The van der Waals surface area contributed by atoms with E-state index in [1.807, 2.05) is 31.2 Å². The minimum absolute atomic E-state index is 0.0722. The molecular formula is C14H23NO2. The average molecular weight is 237 g/mol. The van der Waals surface area contributed by atoms with Gasteiger partial charge in [-0.15, -0.1) is 0 Å². The van der Waals surface area contributed by atoms with E-state index in [4.69, 9.17) is 0 Å². The Morgan fingerprint density at radius 1 is 1.12 bits per heavy atom. The third-order valence-corrected chi connectivity index (χ3v) is 2.94. The van der Waals surface area contributed by atoms with E-state index < -0.39 is 12.2 Å². The van der Waals surface area contributed by atoms with Gasteiger partial charge in [-0.05, 0) is 31.4 Å². The summed E-state index contributed by atoms with van der Waals surface area (Å²) < 4.78 is 0. The van der Waals surface area contributed by atoms with Crippen LogP contribution >= 0.6 is 0 Å². The van der Waals surface area contributed by atoms with Crippen molar-refractivity contribution in [3.8, 4) is 0 Å². The fourth-order valence-corrected chi connectivity index (χ4v) is 1.71. The Morgan fingerprint density at radius 2 is 1.71 bits per heavy atom. The van der Waals surface area contributed by atoms with E-state index in [9.17, 15) is 10.2 Å². The number of hydrogen-bond acceptors (Lipinski definition) is 3. The Kier molecular flexibility index (Phi) is 5.62. The van der Waals surface area contributed by atoms with Crippen molar-refractivity contribution in [1.29, 1.82) is 0 Å². The molecule has 0 bridgehead atoms. The minimum Gasteiger partial charge on any atom is -0.392 e. The zero-order chi connectivity index (χ0) is 12.8. The first-order valence-electron chi connectivity index (χ1n) is 6.23. The van der Waals surface area contributed by atoms with E-state index in [2.05, 4.69) is 12.2 Å². The molecule has 3 nitrogen and oxygen atoms in total. The molecule has 0 saturated carbocycles. The van der Waals surface area contributed by atoms with Crippen molar-refractivity contribution < 1.29 is 10.2 Å². The second-order valence-electron chi connectivity index (χ2n) is 4.59. The number of nitrogens with one attached hydrogen (secondary N) is 1. The Balaban J connectivity index is 2.58. The van der Waals surface area contributed by atoms with Crippen LogP contribution in [-0.2, 0) is 6.42 Å². The van der Waals surface area contributed by atoms with Crippen LogP contribution in [-0.4, -0.2) is 28.9 Å². The van der Waals surface area contributed by atoms with Crippen molar-refractivity contribution in [2.24, 2.45) is 0 Å². The maximum Gasteiger partial charge on any atom is 0.0940 e. The first kappa shape index (κ1) is 14.2. The average Bonchev–Trinajstić information content (AvgIpc) is 2.35. The van der Waals surface area contributed by atoms with Crippen LogP contribution in [0.2, 0.25) is 0 Å². The zero-order valence-corrected chi connectivity index (χ0v) is 10.9. The number of aliphatic hydroxyl groups excluding tert-OH is 2. The quantitative estimate of drug-likeness (QED) is 0.705. The summed E-state index contributed by atoms with van der Waals surface area (Å²) in [5, 5.41) is 22.4. The van der Waals surface area contributed by atoms with E-state index in [0.29, 0.717) is 6.54 Å². The maximum absolute atomic E-state index is 10.1. The van der Waals surface area contributed by atoms with Gasteiger partial charge in [0.1, 0.15) is 0 Å². The molecule has 0 aliphatic carbocycles. The van der Waals surface area contributed by atoms with Gasteiger partial charge in [-0.25, -0.2) is 0 Å². The summed E-state index contributed by atoms with van der Waals surface area (Å²) in [6.45, 7) is 6.24. The molecule has 0 amide bonds. The Bertz CT molecular complexity index is 321. The van der Waals surface area contributed by atoms with Crippen LogP contribution in [0, 0.1) is 0 Å². The van der Waals surface area contributed by atoms with Gasteiger partial charge >= 0.3 is 0 Å². The van der Waals surface area contributed by atoms with Gasteiger partial charge in [0.15, 0.2) is 0 Å². The van der Waals surface area contributed by atoms with Crippen molar-refractivity contribution >= 4 is 0 Å². The third-order valence-electron chi connectivity index (χ3n) is 2.94. The van der Waals surface area contributed by atoms with Crippen LogP contribution in [0.15, 0.2) is 24.3 Å². The second kappa shape index (κ2) is 6.74. The molecule has 3 atom stereocenters. The van der Waals surface area contributed by atoms with Crippen molar-refractivity contribution in [3.63, 3.8) is 0 Å². The summed E-state index contributed by atoms with van der Waals surface area (Å²) in [7, 11) is 0. The van der Waals surface area contributed by atoms with Crippen LogP contribution in [0.3, 0.4) is 0 Å². The van der Waals surface area contributed by atoms with E-state index in [0.717, 1.165) is 12.0 Å². The summed E-state index contributed by atoms with van der Waals surface area (Å²) in [4.78, 5) is 0. The Hall–Kier alpha value is -0.900. The standard InChI is InChI=1S/C14H23NO2/c1-4-12-5-7-13(8-6-12)14(17)11(3)15-9-10(2)16/h5-8,10-11,14-17H,4,9H2,1-3H3. The highest BCUT2D eigenvalue weighted by Gasteiger charge is 2.15. The van der Waals surface area contributed by atoms with Gasteiger partial charge in [-0.3, -0.25) is 0 Å². The minimum atomic E-state index is -0.542.